The number of benzene rings is 2. The first kappa shape index (κ1) is 24.8. The molecule has 1 aliphatic carbocycles. The average Bonchev–Trinajstić information content (AvgIpc) is 3.62. The Hall–Kier alpha value is -2.87. The van der Waals surface area contributed by atoms with Gasteiger partial charge < -0.3 is 19.5 Å². The molecule has 2 heterocycles. The number of aliphatic hydroxyl groups excluding tert-OH is 1. The van der Waals surface area contributed by atoms with E-state index in [2.05, 4.69) is 16.3 Å². The largest absolute Gasteiger partial charge is 0.491 e. The molecule has 190 valence electrons. The first-order valence-corrected chi connectivity index (χ1v) is 13.6. The third kappa shape index (κ3) is 6.27. The minimum atomic E-state index is -0.663. The van der Waals surface area contributed by atoms with Crippen molar-refractivity contribution in [1.82, 2.24) is 9.80 Å². The van der Waals surface area contributed by atoms with E-state index in [-0.39, 0.29) is 18.6 Å². The Labute approximate surface area is 217 Å². The van der Waals surface area contributed by atoms with Crippen LogP contribution in [0.1, 0.15) is 34.9 Å². The molecule has 1 amide bonds. The van der Waals surface area contributed by atoms with Crippen molar-refractivity contribution >= 4 is 17.2 Å². The number of fused-ring (bicyclic) bond motifs is 1. The smallest absolute Gasteiger partial charge is 0.237 e. The standard InChI is InChI=1S/C29H34N2O4S/c1-21-6-5-9-25(16-21)35-20-27-26-13-15-36-28(26)12-14-31(27)29(33)18-30(22-10-11-22)17-23(32)19-34-24-7-3-2-4-8-24/h2-9,13,15-16,22-23,27,32H,10-12,14,17-20H2,1H3/t23-,27+/m0/s1. The summed E-state index contributed by atoms with van der Waals surface area (Å²) >= 11 is 1.76. The van der Waals surface area contributed by atoms with Crippen LogP contribution >= 0.6 is 11.3 Å². The second-order valence-electron chi connectivity index (χ2n) is 9.72. The maximum Gasteiger partial charge on any atom is 0.237 e. The Balaban J connectivity index is 1.22. The van der Waals surface area contributed by atoms with Crippen molar-refractivity contribution in [3.05, 3.63) is 82.0 Å². The van der Waals surface area contributed by atoms with Crippen molar-refractivity contribution in [1.29, 1.82) is 0 Å². The van der Waals surface area contributed by atoms with Crippen molar-refractivity contribution in [2.75, 3.05) is 32.8 Å². The highest BCUT2D eigenvalue weighted by Gasteiger charge is 2.36. The Morgan fingerprint density at radius 3 is 2.69 bits per heavy atom. The van der Waals surface area contributed by atoms with Crippen molar-refractivity contribution in [3.8, 4) is 11.5 Å². The predicted octanol–water partition coefficient (Wildman–Crippen LogP) is 4.47. The van der Waals surface area contributed by atoms with Crippen molar-refractivity contribution in [2.24, 2.45) is 0 Å². The second kappa shape index (κ2) is 11.5. The van der Waals surface area contributed by atoms with E-state index in [1.165, 1.54) is 10.4 Å². The zero-order chi connectivity index (χ0) is 24.9. The molecule has 0 spiro atoms. The van der Waals surface area contributed by atoms with E-state index in [0.29, 0.717) is 32.3 Å². The summed E-state index contributed by atoms with van der Waals surface area (Å²) in [6.45, 7) is 4.09. The molecule has 0 unspecified atom stereocenters. The highest BCUT2D eigenvalue weighted by molar-refractivity contribution is 7.10. The van der Waals surface area contributed by atoms with Crippen LogP contribution in [-0.2, 0) is 11.2 Å². The van der Waals surface area contributed by atoms with E-state index < -0.39 is 6.10 Å². The maximum absolute atomic E-state index is 13.6. The third-order valence-electron chi connectivity index (χ3n) is 6.85. The van der Waals surface area contributed by atoms with Crippen molar-refractivity contribution < 1.29 is 19.4 Å². The van der Waals surface area contributed by atoms with E-state index in [1.54, 1.807) is 11.3 Å². The van der Waals surface area contributed by atoms with Crippen LogP contribution in [0.2, 0.25) is 0 Å². The molecule has 1 aromatic heterocycles. The number of aryl methyl sites for hydroxylation is 1. The van der Waals surface area contributed by atoms with Crippen LogP contribution in [0.15, 0.2) is 66.0 Å². The highest BCUT2D eigenvalue weighted by Crippen LogP contribution is 2.35. The van der Waals surface area contributed by atoms with Gasteiger partial charge in [0.15, 0.2) is 0 Å². The third-order valence-corrected chi connectivity index (χ3v) is 7.84. The maximum atomic E-state index is 13.6. The van der Waals surface area contributed by atoms with Crippen LogP contribution in [0, 0.1) is 6.92 Å². The summed E-state index contributed by atoms with van der Waals surface area (Å²) in [5, 5.41) is 12.8. The number of carbonyl (C=O) groups is 1. The van der Waals surface area contributed by atoms with Crippen LogP contribution in [0.5, 0.6) is 11.5 Å². The summed E-state index contributed by atoms with van der Waals surface area (Å²) in [5.74, 6) is 1.65. The Morgan fingerprint density at radius 1 is 1.11 bits per heavy atom. The number of hydrogen-bond donors (Lipinski definition) is 1. The summed E-state index contributed by atoms with van der Waals surface area (Å²) in [4.78, 5) is 19.1. The van der Waals surface area contributed by atoms with E-state index in [1.807, 2.05) is 66.4 Å². The Morgan fingerprint density at radius 2 is 1.92 bits per heavy atom. The normalized spacial score (nSPS) is 18.1. The molecular weight excluding hydrogens is 472 g/mol. The number of aliphatic hydroxyl groups is 1. The number of carbonyl (C=O) groups excluding carboxylic acids is 1. The lowest BCUT2D eigenvalue weighted by molar-refractivity contribution is -0.136. The molecule has 0 bridgehead atoms. The summed E-state index contributed by atoms with van der Waals surface area (Å²) in [6.07, 6.45) is 2.34. The first-order chi connectivity index (χ1) is 17.6. The van der Waals surface area contributed by atoms with Crippen LogP contribution in [0.25, 0.3) is 0 Å². The zero-order valence-electron chi connectivity index (χ0n) is 20.7. The predicted molar refractivity (Wildman–Crippen MR) is 142 cm³/mol. The van der Waals surface area contributed by atoms with Gasteiger partial charge in [0, 0.05) is 24.0 Å². The molecule has 2 aliphatic rings. The number of amides is 1. The molecule has 7 heteroatoms. The van der Waals surface area contributed by atoms with Crippen LogP contribution < -0.4 is 9.47 Å². The van der Waals surface area contributed by atoms with Gasteiger partial charge in [-0.25, -0.2) is 0 Å². The number of hydrogen-bond acceptors (Lipinski definition) is 6. The molecule has 2 aromatic carbocycles. The lowest BCUT2D eigenvalue weighted by Crippen LogP contribution is -2.48. The molecule has 5 rings (SSSR count). The molecule has 0 saturated heterocycles. The van der Waals surface area contributed by atoms with Gasteiger partial charge in [-0.15, -0.1) is 11.3 Å². The van der Waals surface area contributed by atoms with Gasteiger partial charge >= 0.3 is 0 Å². The van der Waals surface area contributed by atoms with Crippen LogP contribution in [0.3, 0.4) is 0 Å². The van der Waals surface area contributed by atoms with Crippen LogP contribution in [-0.4, -0.2) is 65.8 Å². The number of para-hydroxylation sites is 1. The molecule has 1 N–H and O–H groups in total. The topological polar surface area (TPSA) is 62.2 Å². The fraction of sp³-hybridized carbons (Fsp3) is 0.414. The quantitative estimate of drug-likeness (QED) is 0.416. The Bertz CT molecular complexity index is 1150. The number of nitrogens with zero attached hydrogens (tertiary/aromatic N) is 2. The minimum absolute atomic E-state index is 0.0905. The second-order valence-corrected chi connectivity index (χ2v) is 10.7. The van der Waals surface area contributed by atoms with E-state index in [4.69, 9.17) is 9.47 Å². The molecule has 36 heavy (non-hydrogen) atoms. The molecule has 6 nitrogen and oxygen atoms in total. The van der Waals surface area contributed by atoms with Gasteiger partial charge in [0.05, 0.1) is 12.6 Å². The molecule has 1 fully saturated rings. The summed E-state index contributed by atoms with van der Waals surface area (Å²) in [5.41, 5.74) is 2.34. The highest BCUT2D eigenvalue weighted by atomic mass is 32.1. The molecule has 2 atom stereocenters. The monoisotopic (exact) mass is 506 g/mol. The van der Waals surface area contributed by atoms with E-state index in [0.717, 1.165) is 36.3 Å². The van der Waals surface area contributed by atoms with Crippen molar-refractivity contribution in [2.45, 2.75) is 44.4 Å². The minimum Gasteiger partial charge on any atom is -0.491 e. The van der Waals surface area contributed by atoms with Gasteiger partial charge in [0.2, 0.25) is 5.91 Å². The lowest BCUT2D eigenvalue weighted by Gasteiger charge is -2.37. The van der Waals surface area contributed by atoms with Crippen molar-refractivity contribution in [3.63, 3.8) is 0 Å². The first-order valence-electron chi connectivity index (χ1n) is 12.7. The van der Waals surface area contributed by atoms with E-state index >= 15 is 0 Å². The van der Waals surface area contributed by atoms with Gasteiger partial charge in [-0.05, 0) is 73.0 Å². The average molecular weight is 507 g/mol. The summed E-state index contributed by atoms with van der Waals surface area (Å²) < 4.78 is 11.9. The molecule has 1 saturated carbocycles. The van der Waals surface area contributed by atoms with E-state index in [9.17, 15) is 9.90 Å². The molecule has 1 aliphatic heterocycles. The SMILES string of the molecule is Cc1cccc(OC[C@@H]2c3ccsc3CCN2C(=O)CN(C[C@H](O)COc2ccccc2)C2CC2)c1. The molecule has 0 radical (unpaired) electrons. The lowest BCUT2D eigenvalue weighted by atomic mass is 10.0. The fourth-order valence-corrected chi connectivity index (χ4v) is 5.76. The van der Waals surface area contributed by atoms with Gasteiger partial charge in [0.1, 0.15) is 30.8 Å². The van der Waals surface area contributed by atoms with Gasteiger partial charge in [0.25, 0.3) is 0 Å². The van der Waals surface area contributed by atoms with Gasteiger partial charge in [-0.1, -0.05) is 30.3 Å². The number of thiophene rings is 1. The molecular formula is C29H34N2O4S. The number of rotatable bonds is 11. The fourth-order valence-electron chi connectivity index (χ4n) is 4.83. The van der Waals surface area contributed by atoms with Crippen LogP contribution in [0.4, 0.5) is 0 Å². The molecule has 3 aromatic rings. The number of ether oxygens (including phenoxy) is 2. The van der Waals surface area contributed by atoms with Gasteiger partial charge in [-0.3, -0.25) is 9.69 Å². The zero-order valence-corrected chi connectivity index (χ0v) is 21.5. The van der Waals surface area contributed by atoms with Gasteiger partial charge in [-0.2, -0.15) is 0 Å². The summed E-state index contributed by atoms with van der Waals surface area (Å²) in [7, 11) is 0. The summed E-state index contributed by atoms with van der Waals surface area (Å²) in [6, 6.07) is 19.9. The Kier molecular flexibility index (Phi) is 7.90.